The van der Waals surface area contributed by atoms with E-state index in [0.717, 1.165) is 37.9 Å². The molecule has 0 spiro atoms. The van der Waals surface area contributed by atoms with Crippen LogP contribution in [-0.2, 0) is 0 Å². The number of hydrogen-bond acceptors (Lipinski definition) is 2. The van der Waals surface area contributed by atoms with Crippen LogP contribution in [0.5, 0.6) is 0 Å². The zero-order valence-corrected chi connectivity index (χ0v) is 11.7. The summed E-state index contributed by atoms with van der Waals surface area (Å²) in [6.07, 6.45) is 4.08. The standard InChI is InChI=1S/C16H21N3O/c20-16-18-10-9-17(13-7-4-8-13)11-15(18)12-19(16)14-5-2-1-3-6-14/h1-3,5-6,13,15H,4,7-12H2/t15-/m1/s1. The molecule has 1 atom stereocenters. The second kappa shape index (κ2) is 4.77. The Balaban J connectivity index is 1.50. The lowest BCUT2D eigenvalue weighted by Gasteiger charge is -2.44. The van der Waals surface area contributed by atoms with Gasteiger partial charge in [0.1, 0.15) is 0 Å². The van der Waals surface area contributed by atoms with Crippen LogP contribution in [0.4, 0.5) is 10.5 Å². The van der Waals surface area contributed by atoms with E-state index in [2.05, 4.69) is 9.80 Å². The van der Waals surface area contributed by atoms with Crippen LogP contribution < -0.4 is 4.90 Å². The summed E-state index contributed by atoms with van der Waals surface area (Å²) < 4.78 is 0. The van der Waals surface area contributed by atoms with Crippen LogP contribution in [0, 0.1) is 0 Å². The molecular weight excluding hydrogens is 250 g/mol. The molecule has 0 aromatic heterocycles. The molecule has 20 heavy (non-hydrogen) atoms. The van der Waals surface area contributed by atoms with Crippen LogP contribution in [0.25, 0.3) is 0 Å². The molecule has 1 aliphatic carbocycles. The molecule has 3 fully saturated rings. The zero-order chi connectivity index (χ0) is 13.5. The fraction of sp³-hybridized carbons (Fsp3) is 0.562. The number of nitrogens with zero attached hydrogens (tertiary/aromatic N) is 3. The topological polar surface area (TPSA) is 26.8 Å². The Labute approximate surface area is 120 Å². The molecule has 4 rings (SSSR count). The lowest BCUT2D eigenvalue weighted by atomic mass is 9.90. The minimum atomic E-state index is 0.189. The summed E-state index contributed by atoms with van der Waals surface area (Å²) >= 11 is 0. The van der Waals surface area contributed by atoms with E-state index in [0.29, 0.717) is 6.04 Å². The van der Waals surface area contributed by atoms with E-state index in [1.807, 2.05) is 35.2 Å². The maximum atomic E-state index is 12.5. The number of anilines is 1. The molecule has 2 saturated heterocycles. The molecule has 3 aliphatic rings. The fourth-order valence-electron chi connectivity index (χ4n) is 3.64. The van der Waals surface area contributed by atoms with Gasteiger partial charge in [-0.2, -0.15) is 0 Å². The maximum Gasteiger partial charge on any atom is 0.324 e. The second-order valence-corrected chi connectivity index (χ2v) is 6.16. The SMILES string of the molecule is O=C1N(c2ccccc2)C[C@H]2CN(C3CCC3)CCN12. The molecule has 106 valence electrons. The van der Waals surface area contributed by atoms with Gasteiger partial charge in [0.15, 0.2) is 0 Å². The van der Waals surface area contributed by atoms with Crippen molar-refractivity contribution in [1.29, 1.82) is 0 Å². The Morgan fingerprint density at radius 3 is 2.45 bits per heavy atom. The first-order chi connectivity index (χ1) is 9.83. The Morgan fingerprint density at radius 1 is 0.950 bits per heavy atom. The smallest absolute Gasteiger partial charge is 0.317 e. The third-order valence-electron chi connectivity index (χ3n) is 5.04. The van der Waals surface area contributed by atoms with Gasteiger partial charge in [-0.15, -0.1) is 0 Å². The summed E-state index contributed by atoms with van der Waals surface area (Å²) in [6.45, 7) is 3.84. The van der Waals surface area contributed by atoms with Crippen molar-refractivity contribution >= 4 is 11.7 Å². The van der Waals surface area contributed by atoms with Crippen molar-refractivity contribution in [2.45, 2.75) is 31.3 Å². The average Bonchev–Trinajstić information content (AvgIpc) is 2.75. The van der Waals surface area contributed by atoms with Gasteiger partial charge in [-0.3, -0.25) is 9.80 Å². The Bertz CT molecular complexity index is 500. The van der Waals surface area contributed by atoms with Crippen LogP contribution in [0.3, 0.4) is 0 Å². The van der Waals surface area contributed by atoms with Crippen molar-refractivity contribution in [1.82, 2.24) is 9.80 Å². The van der Waals surface area contributed by atoms with Gasteiger partial charge in [0.05, 0.1) is 6.04 Å². The van der Waals surface area contributed by atoms with Crippen molar-refractivity contribution in [3.8, 4) is 0 Å². The summed E-state index contributed by atoms with van der Waals surface area (Å²) in [5, 5.41) is 0. The molecule has 1 aromatic carbocycles. The van der Waals surface area contributed by atoms with Crippen LogP contribution in [0.2, 0.25) is 0 Å². The van der Waals surface area contributed by atoms with E-state index in [1.54, 1.807) is 0 Å². The highest BCUT2D eigenvalue weighted by atomic mass is 16.2. The van der Waals surface area contributed by atoms with Crippen LogP contribution in [0.15, 0.2) is 30.3 Å². The first-order valence-electron chi connectivity index (χ1n) is 7.70. The Morgan fingerprint density at radius 2 is 1.75 bits per heavy atom. The summed E-state index contributed by atoms with van der Waals surface area (Å²) in [7, 11) is 0. The number of hydrogen-bond donors (Lipinski definition) is 0. The number of amides is 2. The molecular formula is C16H21N3O. The molecule has 4 heteroatoms. The van der Waals surface area contributed by atoms with Crippen molar-refractivity contribution < 1.29 is 4.79 Å². The summed E-state index contributed by atoms with van der Waals surface area (Å²) in [4.78, 5) is 19.1. The van der Waals surface area contributed by atoms with E-state index in [9.17, 15) is 4.79 Å². The van der Waals surface area contributed by atoms with Gasteiger partial charge in [-0.1, -0.05) is 24.6 Å². The normalized spacial score (nSPS) is 27.6. The summed E-state index contributed by atoms with van der Waals surface area (Å²) in [5.74, 6) is 0. The van der Waals surface area contributed by atoms with Gasteiger partial charge in [-0.05, 0) is 25.0 Å². The molecule has 2 aliphatic heterocycles. The minimum Gasteiger partial charge on any atom is -0.317 e. The van der Waals surface area contributed by atoms with Crippen molar-refractivity contribution in [3.05, 3.63) is 30.3 Å². The number of piperazine rings is 1. The molecule has 0 N–H and O–H groups in total. The average molecular weight is 271 g/mol. The number of carbonyl (C=O) groups is 1. The number of para-hydroxylation sites is 1. The van der Waals surface area contributed by atoms with E-state index in [4.69, 9.17) is 0 Å². The third-order valence-corrected chi connectivity index (χ3v) is 5.04. The molecule has 2 heterocycles. The number of benzene rings is 1. The van der Waals surface area contributed by atoms with Crippen LogP contribution in [-0.4, -0.2) is 54.1 Å². The Kier molecular flexibility index (Phi) is 2.91. The number of fused-ring (bicyclic) bond motifs is 1. The molecule has 0 unspecified atom stereocenters. The van der Waals surface area contributed by atoms with E-state index >= 15 is 0 Å². The van der Waals surface area contributed by atoms with E-state index in [-0.39, 0.29) is 6.03 Å². The first kappa shape index (κ1) is 12.2. The van der Waals surface area contributed by atoms with E-state index in [1.165, 1.54) is 19.3 Å². The maximum absolute atomic E-state index is 12.5. The molecule has 0 radical (unpaired) electrons. The highest BCUT2D eigenvalue weighted by Crippen LogP contribution is 2.30. The lowest BCUT2D eigenvalue weighted by Crippen LogP contribution is -2.56. The second-order valence-electron chi connectivity index (χ2n) is 6.16. The lowest BCUT2D eigenvalue weighted by molar-refractivity contribution is 0.0558. The van der Waals surface area contributed by atoms with Gasteiger partial charge in [0.2, 0.25) is 0 Å². The van der Waals surface area contributed by atoms with Crippen molar-refractivity contribution in [2.75, 3.05) is 31.1 Å². The zero-order valence-electron chi connectivity index (χ0n) is 11.7. The van der Waals surface area contributed by atoms with E-state index < -0.39 is 0 Å². The van der Waals surface area contributed by atoms with Gasteiger partial charge in [-0.25, -0.2) is 4.79 Å². The quantitative estimate of drug-likeness (QED) is 0.824. The van der Waals surface area contributed by atoms with Gasteiger partial charge in [0, 0.05) is 37.9 Å². The minimum absolute atomic E-state index is 0.189. The molecule has 0 bridgehead atoms. The fourth-order valence-corrected chi connectivity index (χ4v) is 3.64. The van der Waals surface area contributed by atoms with Crippen LogP contribution >= 0.6 is 0 Å². The van der Waals surface area contributed by atoms with Crippen molar-refractivity contribution in [2.24, 2.45) is 0 Å². The number of urea groups is 1. The van der Waals surface area contributed by atoms with Gasteiger partial charge < -0.3 is 4.90 Å². The Hall–Kier alpha value is -1.55. The van der Waals surface area contributed by atoms with Gasteiger partial charge >= 0.3 is 6.03 Å². The third kappa shape index (κ3) is 1.90. The first-order valence-corrected chi connectivity index (χ1v) is 7.70. The van der Waals surface area contributed by atoms with Crippen LogP contribution in [0.1, 0.15) is 19.3 Å². The van der Waals surface area contributed by atoms with Gasteiger partial charge in [0.25, 0.3) is 0 Å². The monoisotopic (exact) mass is 271 g/mol. The molecule has 1 aromatic rings. The summed E-state index contributed by atoms with van der Waals surface area (Å²) in [6, 6.07) is 11.4. The largest absolute Gasteiger partial charge is 0.324 e. The number of rotatable bonds is 2. The van der Waals surface area contributed by atoms with Crippen molar-refractivity contribution in [3.63, 3.8) is 0 Å². The highest BCUT2D eigenvalue weighted by molar-refractivity contribution is 5.94. The molecule has 1 saturated carbocycles. The summed E-state index contributed by atoms with van der Waals surface area (Å²) in [5.41, 5.74) is 1.03. The predicted octanol–water partition coefficient (Wildman–Crippen LogP) is 2.17. The number of carbonyl (C=O) groups excluding carboxylic acids is 1. The molecule has 2 amide bonds. The highest BCUT2D eigenvalue weighted by Gasteiger charge is 2.42. The molecule has 4 nitrogen and oxygen atoms in total. The predicted molar refractivity (Wildman–Crippen MR) is 78.9 cm³/mol.